The molecule has 2 heteroatoms. The van der Waals surface area contributed by atoms with Gasteiger partial charge in [-0.3, -0.25) is 4.79 Å². The Balaban J connectivity index is 1.56. The first-order valence-electron chi connectivity index (χ1n) is 8.96. The Morgan fingerprint density at radius 3 is 2.09 bits per heavy atom. The van der Waals surface area contributed by atoms with Gasteiger partial charge >= 0.3 is 5.97 Å². The molecule has 0 heterocycles. The Morgan fingerprint density at radius 1 is 0.739 bits per heavy atom. The lowest BCUT2D eigenvalue weighted by atomic mass is 9.99. The first-order chi connectivity index (χ1) is 11.3. The van der Waals surface area contributed by atoms with Gasteiger partial charge in [-0.1, -0.05) is 81.0 Å². The van der Waals surface area contributed by atoms with Crippen LogP contribution in [0, 0.1) is 0 Å². The molecule has 0 aromatic heterocycles. The van der Waals surface area contributed by atoms with E-state index < -0.39 is 5.97 Å². The van der Waals surface area contributed by atoms with Crippen LogP contribution in [0.2, 0.25) is 0 Å². The van der Waals surface area contributed by atoms with E-state index in [0.717, 1.165) is 12.8 Å². The SMILES string of the molecule is O=C(O)CCCCCCCCCCc1cccc2ccccc12. The molecule has 2 aromatic rings. The molecule has 0 aliphatic heterocycles. The lowest BCUT2D eigenvalue weighted by molar-refractivity contribution is -0.137. The minimum absolute atomic E-state index is 0.324. The zero-order chi connectivity index (χ0) is 16.3. The Kier molecular flexibility index (Phi) is 7.65. The van der Waals surface area contributed by atoms with Crippen LogP contribution in [0.1, 0.15) is 63.4 Å². The van der Waals surface area contributed by atoms with Crippen LogP contribution in [0.25, 0.3) is 10.8 Å². The highest BCUT2D eigenvalue weighted by atomic mass is 16.4. The van der Waals surface area contributed by atoms with Gasteiger partial charge in [0.05, 0.1) is 0 Å². The van der Waals surface area contributed by atoms with E-state index in [1.165, 1.54) is 61.3 Å². The molecule has 0 amide bonds. The predicted octanol–water partition coefficient (Wildman–Crippen LogP) is 5.98. The third-order valence-corrected chi connectivity index (χ3v) is 4.47. The van der Waals surface area contributed by atoms with Crippen LogP contribution in [0.4, 0.5) is 0 Å². The minimum atomic E-state index is -0.668. The first kappa shape index (κ1) is 17.5. The van der Waals surface area contributed by atoms with Crippen LogP contribution in [0.3, 0.4) is 0 Å². The molecule has 1 N–H and O–H groups in total. The summed E-state index contributed by atoms with van der Waals surface area (Å²) in [6, 6.07) is 15.2. The molecule has 2 nitrogen and oxygen atoms in total. The van der Waals surface area contributed by atoms with Crippen LogP contribution < -0.4 is 0 Å². The van der Waals surface area contributed by atoms with Gasteiger partial charge in [0.1, 0.15) is 0 Å². The first-order valence-corrected chi connectivity index (χ1v) is 8.96. The molecule has 0 radical (unpaired) electrons. The lowest BCUT2D eigenvalue weighted by Gasteiger charge is -2.06. The molecular weight excluding hydrogens is 284 g/mol. The molecule has 0 aliphatic carbocycles. The fourth-order valence-corrected chi connectivity index (χ4v) is 3.16. The van der Waals surface area contributed by atoms with Gasteiger partial charge in [0.15, 0.2) is 0 Å². The van der Waals surface area contributed by atoms with Gasteiger partial charge in [0.25, 0.3) is 0 Å². The fraction of sp³-hybridized carbons (Fsp3) is 0.476. The highest BCUT2D eigenvalue weighted by Gasteiger charge is 2.00. The van der Waals surface area contributed by atoms with Crippen LogP contribution in [-0.2, 0) is 11.2 Å². The summed E-state index contributed by atoms with van der Waals surface area (Å²) in [4.78, 5) is 10.4. The highest BCUT2D eigenvalue weighted by molar-refractivity contribution is 5.85. The highest BCUT2D eigenvalue weighted by Crippen LogP contribution is 2.20. The molecule has 0 saturated carbocycles. The van der Waals surface area contributed by atoms with Crippen molar-refractivity contribution in [3.63, 3.8) is 0 Å². The number of carbonyl (C=O) groups is 1. The van der Waals surface area contributed by atoms with Gasteiger partial charge in [-0.05, 0) is 35.6 Å². The molecule has 2 aromatic carbocycles. The van der Waals surface area contributed by atoms with Crippen LogP contribution >= 0.6 is 0 Å². The van der Waals surface area contributed by atoms with Crippen molar-refractivity contribution >= 4 is 16.7 Å². The molecule has 0 saturated heterocycles. The second-order valence-corrected chi connectivity index (χ2v) is 6.36. The Hall–Kier alpha value is -1.83. The normalized spacial score (nSPS) is 11.0. The summed E-state index contributed by atoms with van der Waals surface area (Å²) in [6.07, 6.45) is 10.9. The maximum Gasteiger partial charge on any atom is 0.303 e. The maximum absolute atomic E-state index is 10.4. The van der Waals surface area contributed by atoms with E-state index >= 15 is 0 Å². The summed E-state index contributed by atoms with van der Waals surface area (Å²) in [7, 11) is 0. The van der Waals surface area contributed by atoms with Crippen molar-refractivity contribution in [2.24, 2.45) is 0 Å². The Bertz CT molecular complexity index is 598. The van der Waals surface area contributed by atoms with Crippen molar-refractivity contribution < 1.29 is 9.90 Å². The van der Waals surface area contributed by atoms with E-state index in [1.54, 1.807) is 0 Å². The van der Waals surface area contributed by atoms with Crippen LogP contribution in [0.15, 0.2) is 42.5 Å². The van der Waals surface area contributed by atoms with E-state index in [-0.39, 0.29) is 0 Å². The summed E-state index contributed by atoms with van der Waals surface area (Å²) in [6.45, 7) is 0. The number of aliphatic carboxylic acids is 1. The third kappa shape index (κ3) is 6.43. The van der Waals surface area contributed by atoms with E-state index in [4.69, 9.17) is 5.11 Å². The minimum Gasteiger partial charge on any atom is -0.481 e. The van der Waals surface area contributed by atoms with Crippen molar-refractivity contribution in [3.05, 3.63) is 48.0 Å². The smallest absolute Gasteiger partial charge is 0.303 e. The van der Waals surface area contributed by atoms with Gasteiger partial charge in [0, 0.05) is 6.42 Å². The van der Waals surface area contributed by atoms with E-state index in [0.29, 0.717) is 6.42 Å². The molecule has 124 valence electrons. The van der Waals surface area contributed by atoms with Crippen molar-refractivity contribution in [1.82, 2.24) is 0 Å². The van der Waals surface area contributed by atoms with Crippen LogP contribution in [0.5, 0.6) is 0 Å². The van der Waals surface area contributed by atoms with Crippen LogP contribution in [-0.4, -0.2) is 11.1 Å². The second kappa shape index (κ2) is 10.0. The zero-order valence-corrected chi connectivity index (χ0v) is 14.0. The van der Waals surface area contributed by atoms with E-state index in [9.17, 15) is 4.79 Å². The number of unbranched alkanes of at least 4 members (excludes halogenated alkanes) is 7. The van der Waals surface area contributed by atoms with Crippen molar-refractivity contribution in [3.8, 4) is 0 Å². The molecule has 2 rings (SSSR count). The standard InChI is InChI=1S/C21H28O2/c22-21(23)17-8-6-4-2-1-3-5-7-12-18-14-11-15-19-13-9-10-16-20(18)19/h9-11,13-16H,1-8,12,17H2,(H,22,23). The number of fused-ring (bicyclic) bond motifs is 1. The summed E-state index contributed by atoms with van der Waals surface area (Å²) >= 11 is 0. The lowest BCUT2D eigenvalue weighted by Crippen LogP contribution is -1.93. The van der Waals surface area contributed by atoms with Gasteiger partial charge in [-0.25, -0.2) is 0 Å². The third-order valence-electron chi connectivity index (χ3n) is 4.47. The summed E-state index contributed by atoms with van der Waals surface area (Å²) in [5.74, 6) is -0.668. The van der Waals surface area contributed by atoms with Crippen molar-refractivity contribution in [2.45, 2.75) is 64.2 Å². The average molecular weight is 312 g/mol. The largest absolute Gasteiger partial charge is 0.481 e. The molecule has 0 unspecified atom stereocenters. The summed E-state index contributed by atoms with van der Waals surface area (Å²) in [5, 5.41) is 11.3. The molecule has 0 bridgehead atoms. The number of hydrogen-bond donors (Lipinski definition) is 1. The number of benzene rings is 2. The van der Waals surface area contributed by atoms with Crippen molar-refractivity contribution in [1.29, 1.82) is 0 Å². The Morgan fingerprint density at radius 2 is 1.35 bits per heavy atom. The van der Waals surface area contributed by atoms with Gasteiger partial charge in [-0.15, -0.1) is 0 Å². The molecule has 23 heavy (non-hydrogen) atoms. The fourth-order valence-electron chi connectivity index (χ4n) is 3.16. The number of hydrogen-bond acceptors (Lipinski definition) is 1. The topological polar surface area (TPSA) is 37.3 Å². The van der Waals surface area contributed by atoms with Gasteiger partial charge in [0.2, 0.25) is 0 Å². The summed E-state index contributed by atoms with van der Waals surface area (Å²) < 4.78 is 0. The number of carboxylic acids is 1. The summed E-state index contributed by atoms with van der Waals surface area (Å²) in [5.41, 5.74) is 1.47. The second-order valence-electron chi connectivity index (χ2n) is 6.36. The maximum atomic E-state index is 10.4. The number of aryl methyl sites for hydroxylation is 1. The molecule has 0 aliphatic rings. The molecule has 0 atom stereocenters. The zero-order valence-electron chi connectivity index (χ0n) is 14.0. The average Bonchev–Trinajstić information content (AvgIpc) is 2.56. The van der Waals surface area contributed by atoms with Gasteiger partial charge in [-0.2, -0.15) is 0 Å². The van der Waals surface area contributed by atoms with Gasteiger partial charge < -0.3 is 5.11 Å². The monoisotopic (exact) mass is 312 g/mol. The Labute approximate surface area is 139 Å². The van der Waals surface area contributed by atoms with Crippen molar-refractivity contribution in [2.75, 3.05) is 0 Å². The quantitative estimate of drug-likeness (QED) is 0.518. The van der Waals surface area contributed by atoms with E-state index in [2.05, 4.69) is 42.5 Å². The molecule has 0 spiro atoms. The number of carboxylic acid groups (broad SMARTS) is 1. The number of rotatable bonds is 11. The van der Waals surface area contributed by atoms with E-state index in [1.807, 2.05) is 0 Å². The molecule has 0 fully saturated rings. The molecular formula is C21H28O2. The predicted molar refractivity (Wildman–Crippen MR) is 96.8 cm³/mol.